The molecule has 1 heterocycles. The van der Waals surface area contributed by atoms with Gasteiger partial charge in [0.2, 0.25) is 6.79 Å². The van der Waals surface area contributed by atoms with Crippen LogP contribution in [0.15, 0.2) is 42.5 Å². The first-order valence-corrected chi connectivity index (χ1v) is 9.01. The second kappa shape index (κ2) is 9.82. The van der Waals surface area contributed by atoms with E-state index >= 15 is 0 Å². The number of benzene rings is 2. The van der Waals surface area contributed by atoms with Gasteiger partial charge in [0, 0.05) is 0 Å². The molecule has 2 aromatic rings. The fourth-order valence-corrected chi connectivity index (χ4v) is 2.42. The molecule has 0 radical (unpaired) electrons. The number of carbonyl (C=O) groups is 2. The number of fused-ring (bicyclic) bond motifs is 1. The maximum absolute atomic E-state index is 13.6. The van der Waals surface area contributed by atoms with E-state index < -0.39 is 29.5 Å². The number of carboxylic acid groups (broad SMARTS) is 1. The highest BCUT2D eigenvalue weighted by molar-refractivity contribution is 5.81. The zero-order valence-corrected chi connectivity index (χ0v) is 17.1. The van der Waals surface area contributed by atoms with Crippen LogP contribution in [-0.4, -0.2) is 36.7 Å². The van der Waals surface area contributed by atoms with Crippen LogP contribution in [0.1, 0.15) is 32.4 Å². The Morgan fingerprint density at radius 3 is 2.20 bits per heavy atom. The van der Waals surface area contributed by atoms with Crippen molar-refractivity contribution in [3.05, 3.63) is 53.8 Å². The van der Waals surface area contributed by atoms with E-state index in [2.05, 4.69) is 5.32 Å². The lowest BCUT2D eigenvalue weighted by atomic mass is 10.1. The number of alkyl carbamates (subject to hydrolysis) is 1. The van der Waals surface area contributed by atoms with Crippen molar-refractivity contribution in [3.63, 3.8) is 0 Å². The molecule has 2 N–H and O–H groups in total. The van der Waals surface area contributed by atoms with Crippen LogP contribution in [0.2, 0.25) is 0 Å². The van der Waals surface area contributed by atoms with Crippen LogP contribution >= 0.6 is 0 Å². The summed E-state index contributed by atoms with van der Waals surface area (Å²) < 4.78 is 33.5. The Hall–Kier alpha value is -3.49. The van der Waals surface area contributed by atoms with Crippen LogP contribution in [0, 0.1) is 5.82 Å². The molecule has 0 aromatic heterocycles. The number of halogens is 1. The van der Waals surface area contributed by atoms with Crippen molar-refractivity contribution in [2.45, 2.75) is 32.4 Å². The standard InChI is InChI=1S/C14H18FNO5.C7H6O2/c1-14(2,3)21-13(19)16-11(12(17)18)8-5-6-10(20-4)9(15)7-8;1-2-4-7-6(3-1)8-5-9-7/h5-7,11H,1-4H3,(H,16,19)(H,17,18);1-4H,5H2. The molecule has 30 heavy (non-hydrogen) atoms. The normalized spacial score (nSPS) is 12.8. The highest BCUT2D eigenvalue weighted by Crippen LogP contribution is 2.30. The number of methoxy groups -OCH3 is 1. The van der Waals surface area contributed by atoms with E-state index in [4.69, 9.17) is 24.1 Å². The predicted octanol–water partition coefficient (Wildman–Crippen LogP) is 3.90. The zero-order chi connectivity index (χ0) is 22.3. The number of carboxylic acids is 1. The molecule has 1 aliphatic rings. The third-order valence-corrected chi connectivity index (χ3v) is 3.70. The smallest absolute Gasteiger partial charge is 0.408 e. The fourth-order valence-electron chi connectivity index (χ4n) is 2.42. The van der Waals surface area contributed by atoms with Crippen LogP contribution in [-0.2, 0) is 9.53 Å². The molecule has 1 unspecified atom stereocenters. The Balaban J connectivity index is 0.000000290. The van der Waals surface area contributed by atoms with E-state index in [1.165, 1.54) is 19.2 Å². The molecule has 8 nitrogen and oxygen atoms in total. The summed E-state index contributed by atoms with van der Waals surface area (Å²) in [4.78, 5) is 22.9. The van der Waals surface area contributed by atoms with E-state index in [0.29, 0.717) is 6.79 Å². The average molecular weight is 421 g/mol. The summed E-state index contributed by atoms with van der Waals surface area (Å²) in [5.74, 6) is -0.368. The number of nitrogens with one attached hydrogen (secondary N) is 1. The summed E-state index contributed by atoms with van der Waals surface area (Å²) >= 11 is 0. The highest BCUT2D eigenvalue weighted by Gasteiger charge is 2.26. The van der Waals surface area contributed by atoms with Gasteiger partial charge in [0.1, 0.15) is 5.60 Å². The molecule has 1 amide bonds. The Morgan fingerprint density at radius 2 is 1.73 bits per heavy atom. The van der Waals surface area contributed by atoms with Gasteiger partial charge in [0.25, 0.3) is 0 Å². The van der Waals surface area contributed by atoms with Gasteiger partial charge in [-0.15, -0.1) is 0 Å². The molecule has 9 heteroatoms. The monoisotopic (exact) mass is 421 g/mol. The lowest BCUT2D eigenvalue weighted by Gasteiger charge is -2.22. The maximum Gasteiger partial charge on any atom is 0.408 e. The number of amides is 1. The minimum Gasteiger partial charge on any atom is -0.494 e. The van der Waals surface area contributed by atoms with E-state index in [0.717, 1.165) is 17.6 Å². The highest BCUT2D eigenvalue weighted by atomic mass is 19.1. The van der Waals surface area contributed by atoms with Crippen molar-refractivity contribution < 1.29 is 38.0 Å². The summed E-state index contributed by atoms with van der Waals surface area (Å²) in [5.41, 5.74) is -0.690. The van der Waals surface area contributed by atoms with E-state index in [-0.39, 0.29) is 11.3 Å². The molecule has 0 bridgehead atoms. The average Bonchev–Trinajstić information content (AvgIpc) is 3.14. The summed E-state index contributed by atoms with van der Waals surface area (Å²) in [6.07, 6.45) is -0.897. The first-order valence-electron chi connectivity index (χ1n) is 9.01. The molecule has 0 fully saturated rings. The molecule has 0 saturated carbocycles. The molecule has 0 saturated heterocycles. The largest absolute Gasteiger partial charge is 0.494 e. The Bertz CT molecular complexity index is 872. The van der Waals surface area contributed by atoms with Crippen molar-refractivity contribution in [2.24, 2.45) is 0 Å². The lowest BCUT2D eigenvalue weighted by Crippen LogP contribution is -2.38. The summed E-state index contributed by atoms with van der Waals surface area (Å²) in [5, 5.41) is 11.4. The van der Waals surface area contributed by atoms with Crippen LogP contribution in [0.5, 0.6) is 17.2 Å². The van der Waals surface area contributed by atoms with Gasteiger partial charge in [-0.05, 0) is 50.6 Å². The van der Waals surface area contributed by atoms with Gasteiger partial charge in [-0.3, -0.25) is 0 Å². The van der Waals surface area contributed by atoms with Crippen molar-refractivity contribution >= 4 is 12.1 Å². The topological polar surface area (TPSA) is 103 Å². The quantitative estimate of drug-likeness (QED) is 0.772. The molecule has 0 aliphatic carbocycles. The van der Waals surface area contributed by atoms with Gasteiger partial charge < -0.3 is 29.4 Å². The molecule has 2 aromatic carbocycles. The Labute approximate surface area is 173 Å². The Kier molecular flexibility index (Phi) is 7.46. The predicted molar refractivity (Wildman–Crippen MR) is 105 cm³/mol. The summed E-state index contributed by atoms with van der Waals surface area (Å²) in [7, 11) is 1.30. The second-order valence-electron chi connectivity index (χ2n) is 7.16. The van der Waals surface area contributed by atoms with Crippen molar-refractivity contribution in [2.75, 3.05) is 13.9 Å². The third-order valence-electron chi connectivity index (χ3n) is 3.70. The number of carbonyl (C=O) groups excluding carboxylic acids is 1. The maximum atomic E-state index is 13.6. The lowest BCUT2D eigenvalue weighted by molar-refractivity contribution is -0.139. The minimum absolute atomic E-state index is 0.0137. The second-order valence-corrected chi connectivity index (χ2v) is 7.16. The first kappa shape index (κ1) is 22.8. The number of hydrogen-bond acceptors (Lipinski definition) is 6. The number of ether oxygens (including phenoxy) is 4. The molecule has 1 aliphatic heterocycles. The van der Waals surface area contributed by atoms with Gasteiger partial charge in [-0.25, -0.2) is 14.0 Å². The van der Waals surface area contributed by atoms with Crippen LogP contribution in [0.3, 0.4) is 0 Å². The minimum atomic E-state index is -1.42. The van der Waals surface area contributed by atoms with Crippen LogP contribution in [0.25, 0.3) is 0 Å². The SMILES string of the molecule is COc1ccc(C(NC(=O)OC(C)(C)C)C(=O)O)cc1F.c1ccc2c(c1)OCO2. The molecule has 0 spiro atoms. The van der Waals surface area contributed by atoms with E-state index in [1.54, 1.807) is 20.8 Å². The van der Waals surface area contributed by atoms with E-state index in [9.17, 15) is 14.0 Å². The van der Waals surface area contributed by atoms with Gasteiger partial charge in [-0.2, -0.15) is 0 Å². The van der Waals surface area contributed by atoms with Crippen LogP contribution < -0.4 is 19.5 Å². The first-order chi connectivity index (χ1) is 14.1. The van der Waals surface area contributed by atoms with Gasteiger partial charge >= 0.3 is 12.1 Å². The van der Waals surface area contributed by atoms with Gasteiger partial charge in [-0.1, -0.05) is 18.2 Å². The van der Waals surface area contributed by atoms with Crippen molar-refractivity contribution in [1.82, 2.24) is 5.32 Å². The molecule has 162 valence electrons. The van der Waals surface area contributed by atoms with Gasteiger partial charge in [0.15, 0.2) is 29.1 Å². The van der Waals surface area contributed by atoms with Crippen molar-refractivity contribution in [1.29, 1.82) is 0 Å². The molecule has 3 rings (SSSR count). The zero-order valence-electron chi connectivity index (χ0n) is 17.1. The summed E-state index contributed by atoms with van der Waals surface area (Å²) in [6.45, 7) is 5.31. The molecule has 1 atom stereocenters. The summed E-state index contributed by atoms with van der Waals surface area (Å²) in [6, 6.07) is 9.86. The number of hydrogen-bond donors (Lipinski definition) is 2. The van der Waals surface area contributed by atoms with Crippen LogP contribution in [0.4, 0.5) is 9.18 Å². The fraction of sp³-hybridized carbons (Fsp3) is 0.333. The molecular weight excluding hydrogens is 397 g/mol. The van der Waals surface area contributed by atoms with Crippen molar-refractivity contribution in [3.8, 4) is 17.2 Å². The Morgan fingerprint density at radius 1 is 1.13 bits per heavy atom. The molecular formula is C21H24FNO7. The van der Waals surface area contributed by atoms with Gasteiger partial charge in [0.05, 0.1) is 7.11 Å². The number of aliphatic carboxylic acids is 1. The van der Waals surface area contributed by atoms with E-state index in [1.807, 2.05) is 24.3 Å². The third kappa shape index (κ3) is 6.54. The number of para-hydroxylation sites is 2. The number of rotatable bonds is 4.